The average Bonchev–Trinajstić information content (AvgIpc) is 2.98. The first-order valence-electron chi connectivity index (χ1n) is 9.52. The van der Waals surface area contributed by atoms with Crippen LogP contribution in [0.2, 0.25) is 0 Å². The lowest BCUT2D eigenvalue weighted by molar-refractivity contribution is -0.140. The zero-order valence-electron chi connectivity index (χ0n) is 17.4. The molecule has 1 aliphatic heterocycles. The highest BCUT2D eigenvalue weighted by Gasteiger charge is 2.46. The first-order chi connectivity index (χ1) is 14.3. The van der Waals surface area contributed by atoms with Crippen molar-refractivity contribution in [2.45, 2.75) is 19.9 Å². The Morgan fingerprint density at radius 1 is 1.07 bits per heavy atom. The number of Topliss-reactive ketones (excluding diaryl/α,β-unsaturated/α-hetero) is 1. The molecular formula is C23H25NO6. The summed E-state index contributed by atoms with van der Waals surface area (Å²) in [6.45, 7) is 4.06. The average molecular weight is 411 g/mol. The fourth-order valence-electron chi connectivity index (χ4n) is 3.71. The number of aryl methyl sites for hydroxylation is 2. The summed E-state index contributed by atoms with van der Waals surface area (Å²) in [5, 5.41) is 20.8. The SMILES string of the molecule is COCCN1C(=O)C(=O)/C(=C(/O)c2cc(C)c(OC)cc2C)C1c1ccc(O)cc1. The van der Waals surface area contributed by atoms with E-state index in [4.69, 9.17) is 9.47 Å². The predicted molar refractivity (Wildman–Crippen MR) is 111 cm³/mol. The maximum Gasteiger partial charge on any atom is 0.295 e. The Labute approximate surface area is 175 Å². The zero-order valence-corrected chi connectivity index (χ0v) is 17.4. The Morgan fingerprint density at radius 3 is 2.33 bits per heavy atom. The maximum absolute atomic E-state index is 12.9. The van der Waals surface area contributed by atoms with Gasteiger partial charge in [0.1, 0.15) is 17.3 Å². The second-order valence-corrected chi connectivity index (χ2v) is 7.21. The number of ketones is 1. The number of hydrogen-bond acceptors (Lipinski definition) is 6. The Bertz CT molecular complexity index is 1010. The number of nitrogens with zero attached hydrogens (tertiary/aromatic N) is 1. The lowest BCUT2D eigenvalue weighted by Gasteiger charge is -2.25. The van der Waals surface area contributed by atoms with Crippen LogP contribution in [0.3, 0.4) is 0 Å². The number of methoxy groups -OCH3 is 2. The molecule has 2 aromatic carbocycles. The van der Waals surface area contributed by atoms with E-state index in [0.717, 1.165) is 5.56 Å². The van der Waals surface area contributed by atoms with E-state index >= 15 is 0 Å². The minimum Gasteiger partial charge on any atom is -0.508 e. The quantitative estimate of drug-likeness (QED) is 0.431. The van der Waals surface area contributed by atoms with Gasteiger partial charge in [-0.2, -0.15) is 0 Å². The molecule has 1 amide bonds. The van der Waals surface area contributed by atoms with Gasteiger partial charge in [0.15, 0.2) is 0 Å². The van der Waals surface area contributed by atoms with Crippen molar-refractivity contribution in [3.63, 3.8) is 0 Å². The Kier molecular flexibility index (Phi) is 6.12. The summed E-state index contributed by atoms with van der Waals surface area (Å²) < 4.78 is 10.4. The molecule has 1 atom stereocenters. The van der Waals surface area contributed by atoms with E-state index in [0.29, 0.717) is 22.4 Å². The number of carbonyl (C=O) groups is 2. The number of aromatic hydroxyl groups is 1. The Balaban J connectivity index is 2.20. The number of amides is 1. The number of phenols is 1. The molecule has 2 aromatic rings. The number of hydrogen-bond donors (Lipinski definition) is 2. The van der Waals surface area contributed by atoms with Crippen LogP contribution in [-0.4, -0.2) is 54.2 Å². The van der Waals surface area contributed by atoms with Crippen LogP contribution < -0.4 is 4.74 Å². The molecule has 1 fully saturated rings. The number of benzene rings is 2. The van der Waals surface area contributed by atoms with Crippen molar-refractivity contribution in [1.82, 2.24) is 4.90 Å². The van der Waals surface area contributed by atoms with Crippen molar-refractivity contribution >= 4 is 17.4 Å². The summed E-state index contributed by atoms with van der Waals surface area (Å²) in [6, 6.07) is 8.95. The van der Waals surface area contributed by atoms with E-state index in [1.165, 1.54) is 24.1 Å². The first kappa shape index (κ1) is 21.4. The van der Waals surface area contributed by atoms with Gasteiger partial charge in [-0.25, -0.2) is 0 Å². The molecule has 30 heavy (non-hydrogen) atoms. The topological polar surface area (TPSA) is 96.3 Å². The molecule has 2 N–H and O–H groups in total. The lowest BCUT2D eigenvalue weighted by Crippen LogP contribution is -2.32. The van der Waals surface area contributed by atoms with Gasteiger partial charge in [-0.1, -0.05) is 12.1 Å². The highest BCUT2D eigenvalue weighted by molar-refractivity contribution is 6.46. The van der Waals surface area contributed by atoms with Crippen LogP contribution in [0.4, 0.5) is 0 Å². The number of likely N-dealkylation sites (tertiary alicyclic amines) is 1. The van der Waals surface area contributed by atoms with E-state index in [2.05, 4.69) is 0 Å². The predicted octanol–water partition coefficient (Wildman–Crippen LogP) is 3.09. The second-order valence-electron chi connectivity index (χ2n) is 7.21. The van der Waals surface area contributed by atoms with Crippen LogP contribution in [-0.2, 0) is 14.3 Å². The molecule has 3 rings (SSSR count). The van der Waals surface area contributed by atoms with Gasteiger partial charge in [0.25, 0.3) is 11.7 Å². The van der Waals surface area contributed by atoms with Crippen molar-refractivity contribution in [3.05, 3.63) is 64.2 Å². The summed E-state index contributed by atoms with van der Waals surface area (Å²) in [5.74, 6) is -0.965. The minimum atomic E-state index is -0.789. The molecule has 0 aromatic heterocycles. The molecule has 0 radical (unpaired) electrons. The molecule has 1 unspecified atom stereocenters. The molecule has 7 heteroatoms. The van der Waals surface area contributed by atoms with E-state index in [1.807, 2.05) is 6.92 Å². The summed E-state index contributed by atoms with van der Waals surface area (Å²) in [6.07, 6.45) is 0. The molecule has 1 saturated heterocycles. The van der Waals surface area contributed by atoms with Crippen molar-refractivity contribution in [1.29, 1.82) is 0 Å². The van der Waals surface area contributed by atoms with Crippen LogP contribution in [0.5, 0.6) is 11.5 Å². The van der Waals surface area contributed by atoms with Gasteiger partial charge in [-0.3, -0.25) is 9.59 Å². The fraction of sp³-hybridized carbons (Fsp3) is 0.304. The van der Waals surface area contributed by atoms with Crippen molar-refractivity contribution in [2.75, 3.05) is 27.4 Å². The number of rotatable bonds is 6. The fourth-order valence-corrected chi connectivity index (χ4v) is 3.71. The lowest BCUT2D eigenvalue weighted by atomic mass is 9.93. The van der Waals surface area contributed by atoms with Gasteiger partial charge in [0.2, 0.25) is 0 Å². The number of phenolic OH excluding ortho intramolecular Hbond substituents is 1. The van der Waals surface area contributed by atoms with Crippen molar-refractivity contribution < 1.29 is 29.3 Å². The first-order valence-corrected chi connectivity index (χ1v) is 9.52. The zero-order chi connectivity index (χ0) is 22.0. The van der Waals surface area contributed by atoms with Crippen LogP contribution in [0.25, 0.3) is 5.76 Å². The molecule has 7 nitrogen and oxygen atoms in total. The van der Waals surface area contributed by atoms with Gasteiger partial charge >= 0.3 is 0 Å². The highest BCUT2D eigenvalue weighted by Crippen LogP contribution is 2.40. The van der Waals surface area contributed by atoms with Gasteiger partial charge in [0.05, 0.1) is 25.3 Å². The molecule has 1 aliphatic rings. The number of ether oxygens (including phenoxy) is 2. The molecule has 0 aliphatic carbocycles. The minimum absolute atomic E-state index is 0.00876. The van der Waals surface area contributed by atoms with Gasteiger partial charge < -0.3 is 24.6 Å². The smallest absolute Gasteiger partial charge is 0.295 e. The Hall–Kier alpha value is -3.32. The summed E-state index contributed by atoms with van der Waals surface area (Å²) in [7, 11) is 3.07. The number of carbonyl (C=O) groups excluding carboxylic acids is 2. The normalized spacial score (nSPS) is 18.1. The molecule has 0 saturated carbocycles. The molecule has 0 spiro atoms. The monoisotopic (exact) mass is 411 g/mol. The van der Waals surface area contributed by atoms with Gasteiger partial charge in [-0.15, -0.1) is 0 Å². The summed E-state index contributed by atoms with van der Waals surface area (Å²) in [4.78, 5) is 27.1. The standard InChI is InChI=1S/C23H25NO6/c1-13-12-18(30-4)14(2)11-17(13)21(26)19-20(15-5-7-16(25)8-6-15)24(9-10-29-3)23(28)22(19)27/h5-8,11-12,20,25-26H,9-10H2,1-4H3/b21-19+. The van der Waals surface area contributed by atoms with E-state index in [9.17, 15) is 19.8 Å². The van der Waals surface area contributed by atoms with Crippen molar-refractivity contribution in [2.24, 2.45) is 0 Å². The third-order valence-electron chi connectivity index (χ3n) is 5.28. The summed E-state index contributed by atoms with van der Waals surface area (Å²) in [5.41, 5.74) is 2.57. The van der Waals surface area contributed by atoms with Crippen molar-refractivity contribution in [3.8, 4) is 11.5 Å². The number of aliphatic hydroxyl groups excluding tert-OH is 1. The van der Waals surface area contributed by atoms with Gasteiger partial charge in [0, 0.05) is 19.2 Å². The van der Waals surface area contributed by atoms with Crippen LogP contribution in [0, 0.1) is 13.8 Å². The molecule has 1 heterocycles. The van der Waals surface area contributed by atoms with E-state index < -0.39 is 17.7 Å². The number of aliphatic hydroxyl groups is 1. The van der Waals surface area contributed by atoms with Crippen LogP contribution >= 0.6 is 0 Å². The molecule has 158 valence electrons. The summed E-state index contributed by atoms with van der Waals surface area (Å²) >= 11 is 0. The Morgan fingerprint density at radius 2 is 1.73 bits per heavy atom. The van der Waals surface area contributed by atoms with Crippen LogP contribution in [0.15, 0.2) is 42.0 Å². The van der Waals surface area contributed by atoms with Crippen LogP contribution in [0.1, 0.15) is 28.3 Å². The van der Waals surface area contributed by atoms with E-state index in [1.54, 1.807) is 38.3 Å². The molecular weight excluding hydrogens is 386 g/mol. The highest BCUT2D eigenvalue weighted by atomic mass is 16.5. The molecule has 0 bridgehead atoms. The maximum atomic E-state index is 12.9. The third-order valence-corrected chi connectivity index (χ3v) is 5.28. The third kappa shape index (κ3) is 3.76. The van der Waals surface area contributed by atoms with Gasteiger partial charge in [-0.05, 0) is 54.8 Å². The second kappa shape index (κ2) is 8.59. The van der Waals surface area contributed by atoms with E-state index in [-0.39, 0.29) is 30.2 Å². The largest absolute Gasteiger partial charge is 0.508 e.